The Balaban J connectivity index is 0.000000204. The summed E-state index contributed by atoms with van der Waals surface area (Å²) < 4.78 is 5.72. The second-order valence-electron chi connectivity index (χ2n) is 10.1. The number of aryl methyl sites for hydroxylation is 2. The number of benzene rings is 1. The normalized spacial score (nSPS) is 11.1. The van der Waals surface area contributed by atoms with Crippen LogP contribution in [-0.2, 0) is 20.1 Å². The first kappa shape index (κ1) is 27.5. The summed E-state index contributed by atoms with van der Waals surface area (Å²) in [6.45, 7) is 10.9. The van der Waals surface area contributed by atoms with E-state index >= 15 is 0 Å². The molecule has 0 bridgehead atoms. The van der Waals surface area contributed by atoms with E-state index in [1.807, 2.05) is 74.8 Å². The predicted molar refractivity (Wildman–Crippen MR) is 152 cm³/mol. The Bertz CT molecular complexity index is 1660. The summed E-state index contributed by atoms with van der Waals surface area (Å²) >= 11 is 0. The predicted octanol–water partition coefficient (Wildman–Crippen LogP) is 6.95. The molecule has 0 saturated carbocycles. The summed E-state index contributed by atoms with van der Waals surface area (Å²) in [6.07, 6.45) is 6.89. The van der Waals surface area contributed by atoms with Gasteiger partial charge in [-0.15, -0.1) is 47.5 Å². The van der Waals surface area contributed by atoms with E-state index < -0.39 is 8.07 Å². The van der Waals surface area contributed by atoms with Gasteiger partial charge in [0.05, 0.1) is 8.07 Å². The second kappa shape index (κ2) is 11.5. The quantitative estimate of drug-likeness (QED) is 0.149. The first-order valence-electron chi connectivity index (χ1n) is 12.2. The average molecular weight is 693 g/mol. The molecule has 7 heteroatoms. The molecule has 1 aromatic carbocycles. The number of pyridine rings is 4. The Morgan fingerprint density at radius 2 is 1.53 bits per heavy atom. The average Bonchev–Trinajstić information content (AvgIpc) is 3.26. The van der Waals surface area contributed by atoms with E-state index in [9.17, 15) is 0 Å². The third-order valence-corrected chi connectivity index (χ3v) is 8.11. The Morgan fingerprint density at radius 3 is 2.18 bits per heavy atom. The summed E-state index contributed by atoms with van der Waals surface area (Å²) in [5.74, 6) is 0. The molecule has 5 heterocycles. The monoisotopic (exact) mass is 693 g/mol. The summed E-state index contributed by atoms with van der Waals surface area (Å²) in [4.78, 5) is 17.7. The van der Waals surface area contributed by atoms with Gasteiger partial charge in [-0.05, 0) is 59.7 Å². The van der Waals surface area contributed by atoms with Gasteiger partial charge in [0.25, 0.3) is 0 Å². The number of aromatic nitrogens is 4. The van der Waals surface area contributed by atoms with E-state index in [-0.39, 0.29) is 20.1 Å². The molecule has 38 heavy (non-hydrogen) atoms. The molecule has 0 saturated heterocycles. The van der Waals surface area contributed by atoms with Crippen LogP contribution in [0.2, 0.25) is 19.6 Å². The smallest absolute Gasteiger partial charge is 0.217 e. The Morgan fingerprint density at radius 1 is 0.763 bits per heavy atom. The van der Waals surface area contributed by atoms with Crippen molar-refractivity contribution < 1.29 is 24.5 Å². The van der Waals surface area contributed by atoms with Gasteiger partial charge in [-0.2, -0.15) is 0 Å². The molecule has 193 valence electrons. The zero-order chi connectivity index (χ0) is 26.0. The largest absolute Gasteiger partial charge is 0.467 e. The minimum absolute atomic E-state index is 0. The van der Waals surface area contributed by atoms with Crippen LogP contribution >= 0.6 is 0 Å². The van der Waals surface area contributed by atoms with Crippen LogP contribution in [0.15, 0.2) is 83.5 Å². The van der Waals surface area contributed by atoms with Crippen LogP contribution < -0.4 is 5.19 Å². The molecule has 0 aliphatic heterocycles. The van der Waals surface area contributed by atoms with Crippen LogP contribution in [0.1, 0.15) is 11.3 Å². The van der Waals surface area contributed by atoms with Crippen LogP contribution in [0.25, 0.3) is 44.7 Å². The first-order chi connectivity index (χ1) is 17.8. The molecule has 0 atom stereocenters. The minimum atomic E-state index is -1.34. The maximum absolute atomic E-state index is 5.72. The van der Waals surface area contributed by atoms with Crippen LogP contribution in [0, 0.1) is 26.1 Å². The Kier molecular flexibility index (Phi) is 8.31. The van der Waals surface area contributed by atoms with Gasteiger partial charge in [-0.1, -0.05) is 43.9 Å². The van der Waals surface area contributed by atoms with Crippen LogP contribution in [0.4, 0.5) is 0 Å². The molecule has 0 amide bonds. The van der Waals surface area contributed by atoms with E-state index in [4.69, 9.17) is 4.42 Å². The van der Waals surface area contributed by atoms with Gasteiger partial charge in [-0.3, -0.25) is 0 Å². The maximum atomic E-state index is 5.72. The van der Waals surface area contributed by atoms with E-state index in [1.54, 1.807) is 0 Å². The van der Waals surface area contributed by atoms with Gasteiger partial charge < -0.3 is 19.4 Å². The van der Waals surface area contributed by atoms with Crippen molar-refractivity contribution in [3.05, 3.63) is 103 Å². The minimum Gasteiger partial charge on any atom is -0.467 e. The van der Waals surface area contributed by atoms with E-state index in [1.165, 1.54) is 10.8 Å². The standard InChI is InChI=1S/C19H18N3OSi.C12H10N.Ir/c1-12-5-7-15-16-9-13(10-21-18(16)23-19(15)22-12)17-8-6-14(11-20-17)24(2,3)4;1-10-7-8-12(13-9-10)11-5-3-2-4-6-11;/h5-9,11H,1-4H3;2-5,7-9H,1H3;/q2*-1;. The number of furan rings is 1. The van der Waals surface area contributed by atoms with Crippen molar-refractivity contribution in [3.8, 4) is 22.5 Å². The first-order valence-corrected chi connectivity index (χ1v) is 15.7. The fourth-order valence-electron chi connectivity index (χ4n) is 3.90. The van der Waals surface area contributed by atoms with Gasteiger partial charge in [0.1, 0.15) is 5.71 Å². The number of rotatable bonds is 3. The molecule has 1 radical (unpaired) electrons. The van der Waals surface area contributed by atoms with E-state index in [2.05, 4.69) is 70.0 Å². The van der Waals surface area contributed by atoms with Crippen molar-refractivity contribution in [3.63, 3.8) is 0 Å². The van der Waals surface area contributed by atoms with Crippen molar-refractivity contribution in [2.24, 2.45) is 0 Å². The van der Waals surface area contributed by atoms with Crippen molar-refractivity contribution in [2.75, 3.05) is 0 Å². The summed E-state index contributed by atoms with van der Waals surface area (Å²) in [5, 5.41) is 3.26. The van der Waals surface area contributed by atoms with E-state index in [0.29, 0.717) is 11.4 Å². The van der Waals surface area contributed by atoms with E-state index in [0.717, 1.165) is 39.0 Å². The van der Waals surface area contributed by atoms with Crippen LogP contribution in [0.5, 0.6) is 0 Å². The fourth-order valence-corrected chi connectivity index (χ4v) is 4.93. The molecular formula is C31H28IrN4OSi-2. The SMILES string of the molecule is Cc1ccc(-c2[c-]cccc2)nc1.Cc1ccc2c(n1)oc1n[c-]c(-c3ccc([Si](C)(C)C)cn3)cc12.[Ir]. The molecule has 0 aliphatic rings. The summed E-state index contributed by atoms with van der Waals surface area (Å²) in [7, 11) is -1.34. The van der Waals surface area contributed by atoms with Crippen LogP contribution in [0.3, 0.4) is 0 Å². The molecular weight excluding hydrogens is 665 g/mol. The third kappa shape index (κ3) is 6.13. The second-order valence-corrected chi connectivity index (χ2v) is 15.2. The van der Waals surface area contributed by atoms with Gasteiger partial charge in [0, 0.05) is 43.6 Å². The number of fused-ring (bicyclic) bond motifs is 3. The van der Waals surface area contributed by atoms with Gasteiger partial charge >= 0.3 is 0 Å². The van der Waals surface area contributed by atoms with Crippen molar-refractivity contribution >= 4 is 35.5 Å². The Labute approximate surface area is 237 Å². The molecule has 0 fully saturated rings. The maximum Gasteiger partial charge on any atom is 0.217 e. The molecule has 6 aromatic rings. The molecule has 5 aromatic heterocycles. The summed E-state index contributed by atoms with van der Waals surface area (Å²) in [5.41, 5.74) is 7.05. The molecule has 0 N–H and O–H groups in total. The zero-order valence-electron chi connectivity index (χ0n) is 22.0. The van der Waals surface area contributed by atoms with Gasteiger partial charge in [0.15, 0.2) is 0 Å². The fraction of sp³-hybridized carbons (Fsp3) is 0.161. The molecule has 0 aliphatic carbocycles. The Hall–Kier alpha value is -3.51. The van der Waals surface area contributed by atoms with Gasteiger partial charge in [-0.25, -0.2) is 4.98 Å². The molecule has 0 spiro atoms. The molecule has 6 rings (SSSR count). The summed E-state index contributed by atoms with van der Waals surface area (Å²) in [6, 6.07) is 25.3. The molecule has 0 unspecified atom stereocenters. The molecule has 5 nitrogen and oxygen atoms in total. The number of hydrogen-bond acceptors (Lipinski definition) is 5. The van der Waals surface area contributed by atoms with Gasteiger partial charge in [0.2, 0.25) is 5.71 Å². The van der Waals surface area contributed by atoms with Crippen molar-refractivity contribution in [2.45, 2.75) is 33.5 Å². The van der Waals surface area contributed by atoms with Crippen LogP contribution in [-0.4, -0.2) is 28.0 Å². The topological polar surface area (TPSA) is 64.7 Å². The van der Waals surface area contributed by atoms with Crippen molar-refractivity contribution in [1.29, 1.82) is 0 Å². The number of hydrogen-bond donors (Lipinski definition) is 0. The number of nitrogens with zero attached hydrogens (tertiary/aromatic N) is 4. The van der Waals surface area contributed by atoms with Crippen molar-refractivity contribution in [1.82, 2.24) is 19.9 Å². The third-order valence-electron chi connectivity index (χ3n) is 6.08. The zero-order valence-corrected chi connectivity index (χ0v) is 25.4.